The van der Waals surface area contributed by atoms with Crippen molar-refractivity contribution in [1.29, 1.82) is 0 Å². The number of unbranched alkanes of at least 4 members (excludes halogenated alkanes) is 1. The highest BCUT2D eigenvalue weighted by Gasteiger charge is 2.21. The molecular formula is C14H22N2O3S. The van der Waals surface area contributed by atoms with Crippen LogP contribution >= 0.6 is 11.3 Å². The average molecular weight is 298 g/mol. The number of carbonyl (C=O) groups excluding carboxylic acids is 2. The second-order valence-corrected chi connectivity index (χ2v) is 6.06. The van der Waals surface area contributed by atoms with E-state index in [0.717, 1.165) is 19.4 Å². The summed E-state index contributed by atoms with van der Waals surface area (Å²) in [5, 5.41) is 3.76. The first-order valence-corrected chi connectivity index (χ1v) is 7.61. The molecule has 6 heteroatoms. The summed E-state index contributed by atoms with van der Waals surface area (Å²) in [5.41, 5.74) is 0.106. The minimum atomic E-state index is -0.570. The largest absolute Gasteiger partial charge is 0.464 e. The van der Waals surface area contributed by atoms with E-state index in [-0.39, 0.29) is 11.5 Å². The molecule has 0 aliphatic rings. The SMILES string of the molecule is COC(=O)c1nc(NCCCCC(C)C)sc1C(C)=O. The highest BCUT2D eigenvalue weighted by Crippen LogP contribution is 2.24. The monoisotopic (exact) mass is 298 g/mol. The van der Waals surface area contributed by atoms with Crippen LogP contribution in [0.25, 0.3) is 0 Å². The lowest BCUT2D eigenvalue weighted by molar-refractivity contribution is 0.0591. The zero-order valence-corrected chi connectivity index (χ0v) is 13.3. The maximum absolute atomic E-state index is 11.5. The molecule has 0 unspecified atom stereocenters. The van der Waals surface area contributed by atoms with Crippen molar-refractivity contribution in [3.05, 3.63) is 10.6 Å². The molecule has 0 aliphatic heterocycles. The van der Waals surface area contributed by atoms with Crippen molar-refractivity contribution in [3.63, 3.8) is 0 Å². The van der Waals surface area contributed by atoms with E-state index in [9.17, 15) is 9.59 Å². The third kappa shape index (κ3) is 4.92. The van der Waals surface area contributed by atoms with Crippen LogP contribution in [0, 0.1) is 5.92 Å². The van der Waals surface area contributed by atoms with E-state index in [1.807, 2.05) is 0 Å². The molecule has 1 aromatic heterocycles. The van der Waals surface area contributed by atoms with Crippen molar-refractivity contribution in [2.24, 2.45) is 5.92 Å². The van der Waals surface area contributed by atoms with Crippen molar-refractivity contribution in [2.45, 2.75) is 40.0 Å². The second-order valence-electron chi connectivity index (χ2n) is 5.06. The highest BCUT2D eigenvalue weighted by atomic mass is 32.1. The fourth-order valence-corrected chi connectivity index (χ4v) is 2.62. The lowest BCUT2D eigenvalue weighted by Crippen LogP contribution is -2.07. The van der Waals surface area contributed by atoms with Gasteiger partial charge in [-0.15, -0.1) is 0 Å². The molecule has 20 heavy (non-hydrogen) atoms. The van der Waals surface area contributed by atoms with Crippen LogP contribution in [0.1, 0.15) is 60.2 Å². The number of nitrogens with zero attached hydrogens (tertiary/aromatic N) is 1. The van der Waals surface area contributed by atoms with Crippen molar-refractivity contribution in [2.75, 3.05) is 19.0 Å². The number of ether oxygens (including phenoxy) is 1. The van der Waals surface area contributed by atoms with Crippen LogP contribution in [-0.4, -0.2) is 30.4 Å². The van der Waals surface area contributed by atoms with Gasteiger partial charge in [0, 0.05) is 13.5 Å². The van der Waals surface area contributed by atoms with E-state index in [0.29, 0.717) is 15.9 Å². The number of nitrogens with one attached hydrogen (secondary N) is 1. The van der Waals surface area contributed by atoms with Gasteiger partial charge in [0.05, 0.1) is 7.11 Å². The number of Topliss-reactive ketones (excluding diaryl/α,β-unsaturated/α-hetero) is 1. The van der Waals surface area contributed by atoms with Gasteiger partial charge < -0.3 is 10.1 Å². The molecular weight excluding hydrogens is 276 g/mol. The number of aromatic nitrogens is 1. The Kier molecular flexibility index (Phi) is 6.64. The summed E-state index contributed by atoms with van der Waals surface area (Å²) < 4.78 is 4.64. The van der Waals surface area contributed by atoms with Crippen LogP contribution in [0.2, 0.25) is 0 Å². The fourth-order valence-electron chi connectivity index (χ4n) is 1.74. The molecule has 0 amide bonds. The minimum Gasteiger partial charge on any atom is -0.464 e. The summed E-state index contributed by atoms with van der Waals surface area (Å²) in [4.78, 5) is 27.5. The van der Waals surface area contributed by atoms with Gasteiger partial charge >= 0.3 is 5.97 Å². The van der Waals surface area contributed by atoms with E-state index in [2.05, 4.69) is 28.9 Å². The maximum atomic E-state index is 11.5. The third-order valence-electron chi connectivity index (χ3n) is 2.81. The predicted octanol–water partition coefficient (Wildman–Crippen LogP) is 3.37. The van der Waals surface area contributed by atoms with Crippen LogP contribution in [0.3, 0.4) is 0 Å². The molecule has 0 aromatic carbocycles. The van der Waals surface area contributed by atoms with Crippen molar-refractivity contribution in [3.8, 4) is 0 Å². The molecule has 0 radical (unpaired) electrons. The van der Waals surface area contributed by atoms with Crippen molar-refractivity contribution in [1.82, 2.24) is 4.98 Å². The van der Waals surface area contributed by atoms with Gasteiger partial charge in [0.1, 0.15) is 4.88 Å². The molecule has 112 valence electrons. The summed E-state index contributed by atoms with van der Waals surface area (Å²) in [5.74, 6) is -0.0276. The number of carbonyl (C=O) groups is 2. The smallest absolute Gasteiger partial charge is 0.358 e. The number of esters is 1. The molecule has 1 heterocycles. The summed E-state index contributed by atoms with van der Waals surface area (Å²) in [6.07, 6.45) is 3.39. The standard InChI is InChI=1S/C14H22N2O3S/c1-9(2)7-5-6-8-15-14-16-11(13(18)19-4)12(20-14)10(3)17/h9H,5-8H2,1-4H3,(H,15,16). The Labute approximate surface area is 123 Å². The normalized spacial score (nSPS) is 10.7. The van der Waals surface area contributed by atoms with E-state index in [1.165, 1.54) is 31.8 Å². The van der Waals surface area contributed by atoms with Crippen LogP contribution in [0.4, 0.5) is 5.13 Å². The van der Waals surface area contributed by atoms with Crippen LogP contribution in [0.15, 0.2) is 0 Å². The molecule has 5 nitrogen and oxygen atoms in total. The Morgan fingerprint density at radius 3 is 2.60 bits per heavy atom. The summed E-state index contributed by atoms with van der Waals surface area (Å²) in [6.45, 7) is 6.62. The molecule has 0 saturated carbocycles. The first kappa shape index (κ1) is 16.6. The van der Waals surface area contributed by atoms with Gasteiger partial charge in [-0.25, -0.2) is 9.78 Å². The molecule has 1 N–H and O–H groups in total. The number of hydrogen-bond donors (Lipinski definition) is 1. The molecule has 0 spiro atoms. The number of rotatable bonds is 8. The molecule has 0 fully saturated rings. The Morgan fingerprint density at radius 2 is 2.05 bits per heavy atom. The van der Waals surface area contributed by atoms with E-state index in [1.54, 1.807) is 0 Å². The van der Waals surface area contributed by atoms with Gasteiger partial charge in [-0.1, -0.05) is 38.0 Å². The molecule has 0 atom stereocenters. The number of methoxy groups -OCH3 is 1. The first-order chi connectivity index (χ1) is 9.45. The molecule has 1 aromatic rings. The molecule has 0 bridgehead atoms. The lowest BCUT2D eigenvalue weighted by atomic mass is 10.1. The summed E-state index contributed by atoms with van der Waals surface area (Å²) in [7, 11) is 1.28. The molecule has 0 saturated heterocycles. The maximum Gasteiger partial charge on any atom is 0.358 e. The van der Waals surface area contributed by atoms with Gasteiger partial charge in [0.2, 0.25) is 0 Å². The number of ketones is 1. The topological polar surface area (TPSA) is 68.3 Å². The zero-order valence-electron chi connectivity index (χ0n) is 12.5. The number of thiazole rings is 1. The van der Waals surface area contributed by atoms with Crippen molar-refractivity contribution < 1.29 is 14.3 Å². The number of anilines is 1. The Balaban J connectivity index is 2.59. The zero-order chi connectivity index (χ0) is 15.1. The van der Waals surface area contributed by atoms with E-state index < -0.39 is 5.97 Å². The first-order valence-electron chi connectivity index (χ1n) is 6.79. The minimum absolute atomic E-state index is 0.106. The third-order valence-corrected chi connectivity index (χ3v) is 3.92. The van der Waals surface area contributed by atoms with Crippen LogP contribution < -0.4 is 5.32 Å². The highest BCUT2D eigenvalue weighted by molar-refractivity contribution is 7.17. The fraction of sp³-hybridized carbons (Fsp3) is 0.643. The van der Waals surface area contributed by atoms with Gasteiger partial charge in [-0.05, 0) is 12.3 Å². The van der Waals surface area contributed by atoms with Gasteiger partial charge in [-0.3, -0.25) is 4.79 Å². The van der Waals surface area contributed by atoms with E-state index >= 15 is 0 Å². The molecule has 0 aliphatic carbocycles. The Bertz CT molecular complexity index is 469. The second kappa shape index (κ2) is 7.99. The van der Waals surface area contributed by atoms with Crippen LogP contribution in [-0.2, 0) is 4.74 Å². The van der Waals surface area contributed by atoms with Crippen molar-refractivity contribution >= 4 is 28.2 Å². The summed E-state index contributed by atoms with van der Waals surface area (Å²) in [6, 6.07) is 0. The lowest BCUT2D eigenvalue weighted by Gasteiger charge is -2.04. The Morgan fingerprint density at radius 1 is 1.35 bits per heavy atom. The quantitative estimate of drug-likeness (QED) is 0.453. The van der Waals surface area contributed by atoms with Crippen LogP contribution in [0.5, 0.6) is 0 Å². The number of hydrogen-bond acceptors (Lipinski definition) is 6. The van der Waals surface area contributed by atoms with Gasteiger partial charge in [0.15, 0.2) is 16.6 Å². The average Bonchev–Trinajstić information content (AvgIpc) is 2.81. The van der Waals surface area contributed by atoms with E-state index in [4.69, 9.17) is 0 Å². The molecule has 1 rings (SSSR count). The Hall–Kier alpha value is -1.43. The van der Waals surface area contributed by atoms with Gasteiger partial charge in [-0.2, -0.15) is 0 Å². The predicted molar refractivity (Wildman–Crippen MR) is 80.6 cm³/mol. The summed E-state index contributed by atoms with van der Waals surface area (Å²) >= 11 is 1.20. The van der Waals surface area contributed by atoms with Gasteiger partial charge in [0.25, 0.3) is 0 Å².